The Morgan fingerprint density at radius 3 is 3.08 bits per heavy atom. The van der Waals surface area contributed by atoms with E-state index < -0.39 is 0 Å². The van der Waals surface area contributed by atoms with E-state index in [9.17, 15) is 4.79 Å². The van der Waals surface area contributed by atoms with Crippen molar-refractivity contribution >= 4 is 27.4 Å². The average molecular weight is 238 g/mol. The molecule has 1 aliphatic heterocycles. The zero-order valence-corrected chi connectivity index (χ0v) is 8.47. The van der Waals surface area contributed by atoms with E-state index in [4.69, 9.17) is 0 Å². The second-order valence-electron chi connectivity index (χ2n) is 2.84. The number of carbonyl (C=O) groups is 1. The summed E-state index contributed by atoms with van der Waals surface area (Å²) in [4.78, 5) is 11.5. The van der Waals surface area contributed by atoms with Gasteiger partial charge in [0, 0.05) is 22.3 Å². The Bertz CT molecular complexity index is 385. The van der Waals surface area contributed by atoms with Crippen LogP contribution in [0.3, 0.4) is 0 Å². The molecular formula is C10H8BrNO. The predicted molar refractivity (Wildman–Crippen MR) is 56.1 cm³/mol. The summed E-state index contributed by atoms with van der Waals surface area (Å²) in [5.74, 6) is 0.0568. The molecule has 0 fully saturated rings. The van der Waals surface area contributed by atoms with Gasteiger partial charge in [-0.1, -0.05) is 22.0 Å². The van der Waals surface area contributed by atoms with Crippen LogP contribution in [0.4, 0.5) is 5.69 Å². The van der Waals surface area contributed by atoms with Crippen molar-refractivity contribution in [2.75, 3.05) is 11.9 Å². The van der Waals surface area contributed by atoms with Crippen molar-refractivity contribution in [3.05, 3.63) is 40.4 Å². The van der Waals surface area contributed by atoms with Crippen LogP contribution < -0.4 is 5.32 Å². The molecule has 66 valence electrons. The van der Waals surface area contributed by atoms with E-state index in [1.807, 2.05) is 24.3 Å². The largest absolute Gasteiger partial charge is 0.381 e. The number of nitrogens with one attached hydrogen (secondary N) is 1. The van der Waals surface area contributed by atoms with Crippen LogP contribution in [0.15, 0.2) is 34.8 Å². The lowest BCUT2D eigenvalue weighted by atomic mass is 10.1. The Hall–Kier alpha value is -1.09. The highest BCUT2D eigenvalue weighted by molar-refractivity contribution is 9.10. The van der Waals surface area contributed by atoms with Crippen LogP contribution in [-0.4, -0.2) is 12.3 Å². The fourth-order valence-electron chi connectivity index (χ4n) is 1.30. The molecule has 0 saturated heterocycles. The summed E-state index contributed by atoms with van der Waals surface area (Å²) in [6.45, 7) is 0.709. The first-order valence-corrected chi connectivity index (χ1v) is 4.81. The smallest absolute Gasteiger partial charge is 0.187 e. The lowest BCUT2D eigenvalue weighted by Crippen LogP contribution is -2.00. The monoisotopic (exact) mass is 237 g/mol. The maximum Gasteiger partial charge on any atom is 0.187 e. The van der Waals surface area contributed by atoms with E-state index in [2.05, 4.69) is 21.2 Å². The maximum atomic E-state index is 11.5. The summed E-state index contributed by atoms with van der Waals surface area (Å²) in [5, 5.41) is 3.15. The van der Waals surface area contributed by atoms with E-state index in [-0.39, 0.29) is 5.78 Å². The molecule has 1 heterocycles. The zero-order valence-electron chi connectivity index (χ0n) is 6.88. The van der Waals surface area contributed by atoms with Gasteiger partial charge in [0.15, 0.2) is 5.78 Å². The van der Waals surface area contributed by atoms with Gasteiger partial charge < -0.3 is 5.32 Å². The van der Waals surface area contributed by atoms with Gasteiger partial charge in [0.05, 0.1) is 0 Å². The molecule has 0 unspecified atom stereocenters. The molecule has 1 aromatic carbocycles. The number of halogens is 1. The Morgan fingerprint density at radius 1 is 1.38 bits per heavy atom. The van der Waals surface area contributed by atoms with Crippen LogP contribution in [0.25, 0.3) is 0 Å². The second-order valence-corrected chi connectivity index (χ2v) is 3.75. The Labute approximate surface area is 84.8 Å². The maximum absolute atomic E-state index is 11.5. The first-order chi connectivity index (χ1) is 6.27. The normalized spacial score (nSPS) is 14.7. The van der Waals surface area contributed by atoms with Gasteiger partial charge >= 0.3 is 0 Å². The molecule has 0 bridgehead atoms. The van der Waals surface area contributed by atoms with Gasteiger partial charge in [-0.2, -0.15) is 0 Å². The Balaban J connectivity index is 2.56. The number of hydrogen-bond donors (Lipinski definition) is 1. The van der Waals surface area contributed by atoms with Gasteiger partial charge in [-0.15, -0.1) is 0 Å². The summed E-state index contributed by atoms with van der Waals surface area (Å²) in [7, 11) is 0. The number of anilines is 1. The van der Waals surface area contributed by atoms with Crippen molar-refractivity contribution in [2.24, 2.45) is 0 Å². The summed E-state index contributed by atoms with van der Waals surface area (Å²) in [6, 6.07) is 5.66. The van der Waals surface area contributed by atoms with Gasteiger partial charge in [-0.3, -0.25) is 4.79 Å². The number of fused-ring (bicyclic) bond motifs is 1. The minimum absolute atomic E-state index is 0.0568. The van der Waals surface area contributed by atoms with Gasteiger partial charge in [0.25, 0.3) is 0 Å². The first-order valence-electron chi connectivity index (χ1n) is 4.01. The molecule has 13 heavy (non-hydrogen) atoms. The third kappa shape index (κ3) is 1.65. The molecule has 3 heteroatoms. The highest BCUT2D eigenvalue weighted by Crippen LogP contribution is 2.23. The van der Waals surface area contributed by atoms with Crippen molar-refractivity contribution in [1.82, 2.24) is 0 Å². The van der Waals surface area contributed by atoms with E-state index in [1.165, 1.54) is 0 Å². The molecule has 2 nitrogen and oxygen atoms in total. The summed E-state index contributed by atoms with van der Waals surface area (Å²) >= 11 is 3.34. The minimum Gasteiger partial charge on any atom is -0.381 e. The lowest BCUT2D eigenvalue weighted by Gasteiger charge is -2.05. The van der Waals surface area contributed by atoms with E-state index >= 15 is 0 Å². The summed E-state index contributed by atoms with van der Waals surface area (Å²) in [5.41, 5.74) is 1.63. The molecule has 0 saturated carbocycles. The molecule has 1 aliphatic rings. The van der Waals surface area contributed by atoms with Gasteiger partial charge in [0.2, 0.25) is 0 Å². The van der Waals surface area contributed by atoms with Crippen molar-refractivity contribution in [3.8, 4) is 0 Å². The molecule has 2 rings (SSSR count). The van der Waals surface area contributed by atoms with Gasteiger partial charge in [-0.05, 0) is 24.3 Å². The fourth-order valence-corrected chi connectivity index (χ4v) is 1.66. The van der Waals surface area contributed by atoms with Crippen molar-refractivity contribution < 1.29 is 4.79 Å². The molecule has 0 amide bonds. The fraction of sp³-hybridized carbons (Fsp3) is 0.100. The average Bonchev–Trinajstić information content (AvgIpc) is 2.29. The molecule has 1 N–H and O–H groups in total. The number of ketones is 1. The molecular weight excluding hydrogens is 230 g/mol. The number of rotatable bonds is 0. The number of carbonyl (C=O) groups excluding carboxylic acids is 1. The highest BCUT2D eigenvalue weighted by Gasteiger charge is 2.10. The third-order valence-corrected chi connectivity index (χ3v) is 2.42. The van der Waals surface area contributed by atoms with E-state index in [1.54, 1.807) is 6.08 Å². The van der Waals surface area contributed by atoms with Crippen LogP contribution in [0.2, 0.25) is 0 Å². The number of hydrogen-bond acceptors (Lipinski definition) is 2. The van der Waals surface area contributed by atoms with Gasteiger partial charge in [0.1, 0.15) is 0 Å². The van der Waals surface area contributed by atoms with E-state index in [0.29, 0.717) is 6.54 Å². The lowest BCUT2D eigenvalue weighted by molar-refractivity contribution is 0.104. The summed E-state index contributed by atoms with van der Waals surface area (Å²) in [6.07, 6.45) is 3.43. The van der Waals surface area contributed by atoms with Crippen molar-refractivity contribution in [3.63, 3.8) is 0 Å². The van der Waals surface area contributed by atoms with Gasteiger partial charge in [-0.25, -0.2) is 0 Å². The Morgan fingerprint density at radius 2 is 2.23 bits per heavy atom. The van der Waals surface area contributed by atoms with Crippen LogP contribution in [0.5, 0.6) is 0 Å². The molecule has 1 aromatic rings. The molecule has 0 radical (unpaired) electrons. The van der Waals surface area contributed by atoms with Crippen LogP contribution in [0, 0.1) is 0 Å². The molecule has 0 aromatic heterocycles. The standard InChI is InChI=1S/C10H8BrNO/c11-7-3-4-9-8(6-7)10(13)2-1-5-12-9/h1-4,6,12H,5H2. The van der Waals surface area contributed by atoms with Crippen molar-refractivity contribution in [1.29, 1.82) is 0 Å². The predicted octanol–water partition coefficient (Wildman–Crippen LogP) is 2.61. The number of benzene rings is 1. The third-order valence-electron chi connectivity index (χ3n) is 1.93. The first kappa shape index (κ1) is 8.51. The SMILES string of the molecule is O=C1C=CCNc2ccc(Br)cc21. The number of allylic oxidation sites excluding steroid dienone is 1. The van der Waals surface area contributed by atoms with Crippen LogP contribution in [0.1, 0.15) is 10.4 Å². The molecule has 0 spiro atoms. The van der Waals surface area contributed by atoms with Crippen LogP contribution >= 0.6 is 15.9 Å². The minimum atomic E-state index is 0.0568. The highest BCUT2D eigenvalue weighted by atomic mass is 79.9. The van der Waals surface area contributed by atoms with Crippen molar-refractivity contribution in [2.45, 2.75) is 0 Å². The second kappa shape index (κ2) is 3.34. The topological polar surface area (TPSA) is 29.1 Å². The summed E-state index contributed by atoms with van der Waals surface area (Å²) < 4.78 is 0.928. The van der Waals surface area contributed by atoms with E-state index in [0.717, 1.165) is 15.7 Å². The van der Waals surface area contributed by atoms with Crippen LogP contribution in [-0.2, 0) is 0 Å². The quantitative estimate of drug-likeness (QED) is 0.752. The molecule has 0 atom stereocenters. The molecule has 0 aliphatic carbocycles. The Kier molecular flexibility index (Phi) is 2.19. The zero-order chi connectivity index (χ0) is 9.26.